The van der Waals surface area contributed by atoms with Gasteiger partial charge in [0.25, 0.3) is 5.69 Å². The standard InChI is InChI=1S/C15H14N2O3S/c1-10(18)13-8-12(17(19)20)2-3-14(13)16-6-4-15-11(9-16)5-7-21-15/h2-3,5,7-8H,4,6,9H2,1H3. The Kier molecular flexibility index (Phi) is 3.47. The molecule has 2 heterocycles. The number of non-ortho nitro benzene ring substituents is 1. The largest absolute Gasteiger partial charge is 0.366 e. The van der Waals surface area contributed by atoms with Crippen LogP contribution in [0.2, 0.25) is 0 Å². The van der Waals surface area contributed by atoms with E-state index in [0.29, 0.717) is 5.56 Å². The van der Waals surface area contributed by atoms with E-state index in [1.165, 1.54) is 29.5 Å². The molecule has 0 fully saturated rings. The summed E-state index contributed by atoms with van der Waals surface area (Å²) in [7, 11) is 0. The van der Waals surface area contributed by atoms with Gasteiger partial charge in [-0.1, -0.05) is 0 Å². The van der Waals surface area contributed by atoms with Crippen LogP contribution < -0.4 is 4.90 Å². The predicted molar refractivity (Wildman–Crippen MR) is 82.2 cm³/mol. The van der Waals surface area contributed by atoms with E-state index in [-0.39, 0.29) is 11.5 Å². The molecule has 5 nitrogen and oxygen atoms in total. The molecule has 108 valence electrons. The Hall–Kier alpha value is -2.21. The molecule has 3 rings (SSSR count). The van der Waals surface area contributed by atoms with Gasteiger partial charge in [0, 0.05) is 41.4 Å². The van der Waals surface area contributed by atoms with E-state index in [4.69, 9.17) is 0 Å². The quantitative estimate of drug-likeness (QED) is 0.495. The summed E-state index contributed by atoms with van der Waals surface area (Å²) in [5, 5.41) is 13.0. The molecule has 0 aliphatic carbocycles. The Morgan fingerprint density at radius 2 is 2.19 bits per heavy atom. The van der Waals surface area contributed by atoms with Crippen molar-refractivity contribution in [1.82, 2.24) is 0 Å². The molecule has 0 saturated heterocycles. The van der Waals surface area contributed by atoms with Gasteiger partial charge in [-0.15, -0.1) is 11.3 Å². The number of Topliss-reactive ketones (excluding diaryl/α,β-unsaturated/α-hetero) is 1. The number of nitro groups is 1. The van der Waals surface area contributed by atoms with Crippen LogP contribution >= 0.6 is 11.3 Å². The number of ketones is 1. The van der Waals surface area contributed by atoms with Crippen LogP contribution in [0.25, 0.3) is 0 Å². The third kappa shape index (κ3) is 2.54. The van der Waals surface area contributed by atoms with Crippen molar-refractivity contribution in [3.63, 3.8) is 0 Å². The van der Waals surface area contributed by atoms with Crippen molar-refractivity contribution in [3.8, 4) is 0 Å². The van der Waals surface area contributed by atoms with Crippen molar-refractivity contribution in [3.05, 3.63) is 55.8 Å². The van der Waals surface area contributed by atoms with Crippen LogP contribution in [-0.2, 0) is 13.0 Å². The van der Waals surface area contributed by atoms with E-state index < -0.39 is 4.92 Å². The SMILES string of the molecule is CC(=O)c1cc([N+](=O)[O-])ccc1N1CCc2sccc2C1. The number of rotatable bonds is 3. The summed E-state index contributed by atoms with van der Waals surface area (Å²) in [6, 6.07) is 6.63. The van der Waals surface area contributed by atoms with Crippen molar-refractivity contribution in [2.75, 3.05) is 11.4 Å². The first-order valence-electron chi connectivity index (χ1n) is 6.66. The number of carbonyl (C=O) groups is 1. The Labute approximate surface area is 126 Å². The maximum absolute atomic E-state index is 11.8. The molecule has 0 saturated carbocycles. The first-order valence-corrected chi connectivity index (χ1v) is 7.54. The van der Waals surface area contributed by atoms with Crippen molar-refractivity contribution in [2.24, 2.45) is 0 Å². The first-order chi connectivity index (χ1) is 10.1. The summed E-state index contributed by atoms with van der Waals surface area (Å²) < 4.78 is 0. The molecule has 0 amide bonds. The minimum absolute atomic E-state index is 0.0443. The highest BCUT2D eigenvalue weighted by atomic mass is 32.1. The van der Waals surface area contributed by atoms with E-state index in [2.05, 4.69) is 16.3 Å². The molecular formula is C15H14N2O3S. The molecule has 1 aromatic carbocycles. The highest BCUT2D eigenvalue weighted by molar-refractivity contribution is 7.10. The fourth-order valence-corrected chi connectivity index (χ4v) is 3.54. The van der Waals surface area contributed by atoms with Crippen molar-refractivity contribution in [2.45, 2.75) is 19.9 Å². The van der Waals surface area contributed by atoms with Crippen LogP contribution in [0.1, 0.15) is 27.7 Å². The highest BCUT2D eigenvalue weighted by Gasteiger charge is 2.22. The molecular weight excluding hydrogens is 288 g/mol. The summed E-state index contributed by atoms with van der Waals surface area (Å²) in [5.74, 6) is -0.148. The number of hydrogen-bond donors (Lipinski definition) is 0. The summed E-state index contributed by atoms with van der Waals surface area (Å²) >= 11 is 1.76. The molecule has 1 aliphatic heterocycles. The lowest BCUT2D eigenvalue weighted by Crippen LogP contribution is -2.30. The second kappa shape index (κ2) is 5.29. The summed E-state index contributed by atoms with van der Waals surface area (Å²) in [6.07, 6.45) is 0.946. The second-order valence-corrected chi connectivity index (χ2v) is 6.06. The molecule has 0 atom stereocenters. The molecule has 21 heavy (non-hydrogen) atoms. The zero-order valence-corrected chi connectivity index (χ0v) is 12.4. The van der Waals surface area contributed by atoms with Gasteiger partial charge in [-0.05, 0) is 36.4 Å². The number of benzene rings is 1. The van der Waals surface area contributed by atoms with E-state index in [1.54, 1.807) is 17.4 Å². The number of fused-ring (bicyclic) bond motifs is 1. The van der Waals surface area contributed by atoms with Gasteiger partial charge in [0.2, 0.25) is 0 Å². The lowest BCUT2D eigenvalue weighted by molar-refractivity contribution is -0.384. The summed E-state index contributed by atoms with van der Waals surface area (Å²) in [6.45, 7) is 3.02. The molecule has 1 aromatic heterocycles. The Morgan fingerprint density at radius 3 is 2.90 bits per heavy atom. The molecule has 0 spiro atoms. The fraction of sp³-hybridized carbons (Fsp3) is 0.267. The average molecular weight is 302 g/mol. The predicted octanol–water partition coefficient (Wildman–Crippen LogP) is 3.42. The van der Waals surface area contributed by atoms with Crippen molar-refractivity contribution in [1.29, 1.82) is 0 Å². The molecule has 2 aromatic rings. The zero-order valence-electron chi connectivity index (χ0n) is 11.5. The van der Waals surface area contributed by atoms with Gasteiger partial charge >= 0.3 is 0 Å². The average Bonchev–Trinajstić information content (AvgIpc) is 2.93. The van der Waals surface area contributed by atoms with Gasteiger partial charge in [0.15, 0.2) is 5.78 Å². The second-order valence-electron chi connectivity index (χ2n) is 5.06. The van der Waals surface area contributed by atoms with Crippen LogP contribution in [0.4, 0.5) is 11.4 Å². The Morgan fingerprint density at radius 1 is 1.38 bits per heavy atom. The number of carbonyl (C=O) groups excluding carboxylic acids is 1. The van der Waals surface area contributed by atoms with E-state index in [1.807, 2.05) is 0 Å². The van der Waals surface area contributed by atoms with Crippen LogP contribution in [0, 0.1) is 10.1 Å². The van der Waals surface area contributed by atoms with Gasteiger partial charge in [-0.2, -0.15) is 0 Å². The molecule has 0 radical (unpaired) electrons. The Bertz CT molecular complexity index is 723. The van der Waals surface area contributed by atoms with Gasteiger partial charge in [0.1, 0.15) is 0 Å². The number of nitro benzene ring substituents is 1. The third-order valence-corrected chi connectivity index (χ3v) is 4.74. The first kappa shape index (κ1) is 13.8. The maximum Gasteiger partial charge on any atom is 0.270 e. The zero-order chi connectivity index (χ0) is 15.0. The van der Waals surface area contributed by atoms with Crippen LogP contribution in [0.3, 0.4) is 0 Å². The number of thiophene rings is 1. The maximum atomic E-state index is 11.8. The third-order valence-electron chi connectivity index (χ3n) is 3.72. The van der Waals surface area contributed by atoms with E-state index in [0.717, 1.165) is 25.2 Å². The molecule has 6 heteroatoms. The number of hydrogen-bond acceptors (Lipinski definition) is 5. The lowest BCUT2D eigenvalue weighted by Gasteiger charge is -2.30. The molecule has 1 aliphatic rings. The lowest BCUT2D eigenvalue weighted by atomic mass is 10.0. The van der Waals surface area contributed by atoms with Gasteiger partial charge in [0.05, 0.1) is 4.92 Å². The summed E-state index contributed by atoms with van der Waals surface area (Å²) in [5.41, 5.74) is 2.43. The number of nitrogens with zero attached hydrogens (tertiary/aromatic N) is 2. The van der Waals surface area contributed by atoms with Crippen LogP contribution in [0.15, 0.2) is 29.6 Å². The summed E-state index contributed by atoms with van der Waals surface area (Å²) in [4.78, 5) is 25.7. The minimum Gasteiger partial charge on any atom is -0.366 e. The fourth-order valence-electron chi connectivity index (χ4n) is 2.65. The normalized spacial score (nSPS) is 13.9. The smallest absolute Gasteiger partial charge is 0.270 e. The molecule has 0 N–H and O–H groups in total. The van der Waals surface area contributed by atoms with Gasteiger partial charge in [-0.3, -0.25) is 14.9 Å². The van der Waals surface area contributed by atoms with Gasteiger partial charge < -0.3 is 4.90 Å². The topological polar surface area (TPSA) is 63.4 Å². The highest BCUT2D eigenvalue weighted by Crippen LogP contribution is 2.31. The van der Waals surface area contributed by atoms with Crippen LogP contribution in [-0.4, -0.2) is 17.3 Å². The number of anilines is 1. The van der Waals surface area contributed by atoms with E-state index in [9.17, 15) is 14.9 Å². The van der Waals surface area contributed by atoms with Crippen molar-refractivity contribution < 1.29 is 9.72 Å². The minimum atomic E-state index is -0.469. The van der Waals surface area contributed by atoms with Gasteiger partial charge in [-0.25, -0.2) is 0 Å². The molecule has 0 bridgehead atoms. The van der Waals surface area contributed by atoms with Crippen molar-refractivity contribution >= 4 is 28.5 Å². The monoisotopic (exact) mass is 302 g/mol. The Balaban J connectivity index is 1.99. The van der Waals surface area contributed by atoms with E-state index >= 15 is 0 Å². The van der Waals surface area contributed by atoms with Crippen LogP contribution in [0.5, 0.6) is 0 Å². The molecule has 0 unspecified atom stereocenters.